The Kier molecular flexibility index (Phi) is 5.62. The maximum atomic E-state index is 7.72. The summed E-state index contributed by atoms with van der Waals surface area (Å²) in [4.78, 5) is 2.19. The summed E-state index contributed by atoms with van der Waals surface area (Å²) in [5.41, 5.74) is 7.38. The first-order chi connectivity index (χ1) is 8.52. The Labute approximate surface area is 117 Å². The first-order valence-electron chi connectivity index (χ1n) is 5.91. The lowest BCUT2D eigenvalue weighted by atomic mass is 10.1. The second-order valence-corrected chi connectivity index (χ2v) is 4.99. The third kappa shape index (κ3) is 3.23. The van der Waals surface area contributed by atoms with Crippen LogP contribution in [0.4, 0.5) is 5.69 Å². The van der Waals surface area contributed by atoms with Crippen molar-refractivity contribution < 1.29 is 4.74 Å². The van der Waals surface area contributed by atoms with Crippen LogP contribution in [-0.4, -0.2) is 32.1 Å². The van der Waals surface area contributed by atoms with Crippen LogP contribution in [0.3, 0.4) is 0 Å². The van der Waals surface area contributed by atoms with Crippen molar-refractivity contribution in [1.82, 2.24) is 0 Å². The molecule has 0 spiro atoms. The second kappa shape index (κ2) is 6.75. The predicted molar refractivity (Wildman–Crippen MR) is 79.5 cm³/mol. The fraction of sp³-hybridized carbons (Fsp3) is 0.462. The van der Waals surface area contributed by atoms with E-state index in [4.69, 9.17) is 15.9 Å². The summed E-state index contributed by atoms with van der Waals surface area (Å²) < 4.78 is 6.04. The highest BCUT2D eigenvalue weighted by Crippen LogP contribution is 2.28. The molecule has 0 saturated carbocycles. The Balaban J connectivity index is 3.21. The molecule has 0 amide bonds. The molecule has 0 aliphatic heterocycles. The molecule has 1 unspecified atom stereocenters. The van der Waals surface area contributed by atoms with Gasteiger partial charge in [0.1, 0.15) is 5.84 Å². The normalized spacial score (nSPS) is 12.2. The molecule has 0 radical (unpaired) electrons. The van der Waals surface area contributed by atoms with Gasteiger partial charge in [-0.2, -0.15) is 0 Å². The molecule has 0 aliphatic rings. The molecule has 3 N–H and O–H groups in total. The number of benzene rings is 1. The number of halogens is 1. The zero-order valence-corrected chi connectivity index (χ0v) is 12.6. The lowest BCUT2D eigenvalue weighted by molar-refractivity contribution is 0.182. The van der Waals surface area contributed by atoms with Crippen LogP contribution in [0.25, 0.3) is 0 Å². The molecule has 100 valence electrons. The van der Waals surface area contributed by atoms with Gasteiger partial charge in [-0.15, -0.1) is 0 Å². The smallest absolute Gasteiger partial charge is 0.126 e. The summed E-state index contributed by atoms with van der Waals surface area (Å²) in [5, 5.41) is 7.72. The van der Waals surface area contributed by atoms with Crippen LogP contribution in [0.15, 0.2) is 22.7 Å². The highest BCUT2D eigenvalue weighted by Gasteiger charge is 2.18. The number of methoxy groups -OCH3 is 1. The number of anilines is 1. The quantitative estimate of drug-likeness (QED) is 0.627. The van der Waals surface area contributed by atoms with E-state index in [-0.39, 0.29) is 11.9 Å². The van der Waals surface area contributed by atoms with Crippen LogP contribution in [0.1, 0.15) is 19.4 Å². The number of nitrogens with two attached hydrogens (primary N) is 1. The van der Waals surface area contributed by atoms with Gasteiger partial charge in [-0.1, -0.05) is 6.07 Å². The van der Waals surface area contributed by atoms with Gasteiger partial charge in [-0.05, 0) is 41.9 Å². The van der Waals surface area contributed by atoms with Crippen molar-refractivity contribution in [3.8, 4) is 0 Å². The molecule has 0 heterocycles. The minimum atomic E-state index is 0.0699. The van der Waals surface area contributed by atoms with Gasteiger partial charge in [0.2, 0.25) is 0 Å². The van der Waals surface area contributed by atoms with E-state index in [1.807, 2.05) is 18.2 Å². The zero-order chi connectivity index (χ0) is 13.7. The molecule has 0 saturated heterocycles. The Bertz CT molecular complexity index is 423. The molecule has 4 nitrogen and oxygen atoms in total. The largest absolute Gasteiger partial charge is 0.384 e. The molecule has 1 rings (SSSR count). The number of amidine groups is 1. The van der Waals surface area contributed by atoms with Gasteiger partial charge in [0.15, 0.2) is 0 Å². The van der Waals surface area contributed by atoms with Crippen LogP contribution in [0.5, 0.6) is 0 Å². The predicted octanol–water partition coefficient (Wildman–Crippen LogP) is 2.59. The number of likely N-dealkylation sites (N-methyl/N-ethyl adjacent to an activating group) is 1. The maximum absolute atomic E-state index is 7.72. The first-order valence-corrected chi connectivity index (χ1v) is 6.70. The maximum Gasteiger partial charge on any atom is 0.126 e. The summed E-state index contributed by atoms with van der Waals surface area (Å²) in [6.45, 7) is 5.65. The number of hydrogen-bond acceptors (Lipinski definition) is 3. The van der Waals surface area contributed by atoms with E-state index in [1.54, 1.807) is 7.11 Å². The minimum absolute atomic E-state index is 0.0699. The van der Waals surface area contributed by atoms with E-state index in [0.29, 0.717) is 6.61 Å². The van der Waals surface area contributed by atoms with Crippen molar-refractivity contribution in [2.24, 2.45) is 5.73 Å². The standard InChI is InChI=1S/C13H20BrN3O/c1-4-17(9(2)8-18-3)11-7-5-6-10(14)12(11)13(15)16/h5-7,9H,4,8H2,1-3H3,(H3,15,16). The summed E-state index contributed by atoms with van der Waals surface area (Å²) in [5.74, 6) is 0.0699. The highest BCUT2D eigenvalue weighted by atomic mass is 79.9. The van der Waals surface area contributed by atoms with E-state index >= 15 is 0 Å². The number of nitrogen functional groups attached to an aromatic ring is 1. The highest BCUT2D eigenvalue weighted by molar-refractivity contribution is 9.10. The number of nitrogens with one attached hydrogen (secondary N) is 1. The van der Waals surface area contributed by atoms with Gasteiger partial charge in [0, 0.05) is 29.9 Å². The van der Waals surface area contributed by atoms with Crippen molar-refractivity contribution in [3.63, 3.8) is 0 Å². The van der Waals surface area contributed by atoms with Crippen molar-refractivity contribution in [2.75, 3.05) is 25.2 Å². The Morgan fingerprint density at radius 3 is 2.72 bits per heavy atom. The molecule has 1 atom stereocenters. The summed E-state index contributed by atoms with van der Waals surface area (Å²) in [6.07, 6.45) is 0. The van der Waals surface area contributed by atoms with Crippen LogP contribution >= 0.6 is 15.9 Å². The first kappa shape index (κ1) is 15.0. The molecular formula is C13H20BrN3O. The van der Waals surface area contributed by atoms with Gasteiger partial charge < -0.3 is 15.4 Å². The summed E-state index contributed by atoms with van der Waals surface area (Å²) >= 11 is 3.45. The third-order valence-corrected chi connectivity index (χ3v) is 3.51. The van der Waals surface area contributed by atoms with Gasteiger partial charge >= 0.3 is 0 Å². The topological polar surface area (TPSA) is 62.3 Å². The third-order valence-electron chi connectivity index (χ3n) is 2.85. The minimum Gasteiger partial charge on any atom is -0.384 e. The van der Waals surface area contributed by atoms with E-state index in [0.717, 1.165) is 22.3 Å². The molecule has 0 aromatic heterocycles. The second-order valence-electron chi connectivity index (χ2n) is 4.14. The SMILES string of the molecule is CCN(c1cccc(Br)c1C(=N)N)C(C)COC. The van der Waals surface area contributed by atoms with Crippen molar-refractivity contribution in [2.45, 2.75) is 19.9 Å². The molecule has 1 aromatic rings. The summed E-state index contributed by atoms with van der Waals surface area (Å²) in [7, 11) is 1.69. The van der Waals surface area contributed by atoms with E-state index < -0.39 is 0 Å². The fourth-order valence-corrected chi connectivity index (χ4v) is 2.64. The van der Waals surface area contributed by atoms with Crippen LogP contribution < -0.4 is 10.6 Å². The van der Waals surface area contributed by atoms with Crippen LogP contribution in [0, 0.1) is 5.41 Å². The summed E-state index contributed by atoms with van der Waals surface area (Å²) in [6, 6.07) is 6.06. The fourth-order valence-electron chi connectivity index (χ4n) is 2.07. The van der Waals surface area contributed by atoms with Crippen molar-refractivity contribution in [1.29, 1.82) is 5.41 Å². The lowest BCUT2D eigenvalue weighted by Crippen LogP contribution is -2.37. The molecule has 1 aromatic carbocycles. The van der Waals surface area contributed by atoms with Crippen LogP contribution in [0.2, 0.25) is 0 Å². The van der Waals surface area contributed by atoms with Gasteiger partial charge in [0.05, 0.1) is 12.2 Å². The number of nitrogens with zero attached hydrogens (tertiary/aromatic N) is 1. The average molecular weight is 314 g/mol. The van der Waals surface area contributed by atoms with Crippen molar-refractivity contribution >= 4 is 27.5 Å². The zero-order valence-electron chi connectivity index (χ0n) is 11.0. The average Bonchev–Trinajstić information content (AvgIpc) is 2.29. The van der Waals surface area contributed by atoms with E-state index in [1.165, 1.54) is 0 Å². The lowest BCUT2D eigenvalue weighted by Gasteiger charge is -2.31. The molecular weight excluding hydrogens is 294 g/mol. The Morgan fingerprint density at radius 1 is 1.56 bits per heavy atom. The van der Waals surface area contributed by atoms with E-state index in [9.17, 15) is 0 Å². The van der Waals surface area contributed by atoms with Gasteiger partial charge in [0.25, 0.3) is 0 Å². The van der Waals surface area contributed by atoms with E-state index in [2.05, 4.69) is 34.7 Å². The van der Waals surface area contributed by atoms with Gasteiger partial charge in [-0.3, -0.25) is 5.41 Å². The van der Waals surface area contributed by atoms with Crippen LogP contribution in [-0.2, 0) is 4.74 Å². The molecule has 0 fully saturated rings. The molecule has 18 heavy (non-hydrogen) atoms. The molecule has 0 bridgehead atoms. The molecule has 0 aliphatic carbocycles. The Morgan fingerprint density at radius 2 is 2.22 bits per heavy atom. The molecule has 5 heteroatoms. The number of hydrogen-bond donors (Lipinski definition) is 2. The number of ether oxygens (including phenoxy) is 1. The Hall–Kier alpha value is -1.07. The van der Waals surface area contributed by atoms with Crippen molar-refractivity contribution in [3.05, 3.63) is 28.2 Å². The van der Waals surface area contributed by atoms with Gasteiger partial charge in [-0.25, -0.2) is 0 Å². The number of rotatable bonds is 6. The monoisotopic (exact) mass is 313 g/mol.